The molecule has 168 valence electrons. The average molecular weight is 543 g/mol. The minimum atomic E-state index is -3.41. The van der Waals surface area contributed by atoms with E-state index in [1.54, 1.807) is 6.07 Å². The molecule has 2 N–H and O–H groups in total. The van der Waals surface area contributed by atoms with Gasteiger partial charge in [-0.25, -0.2) is 8.42 Å². The van der Waals surface area contributed by atoms with E-state index in [9.17, 15) is 13.5 Å². The van der Waals surface area contributed by atoms with E-state index in [2.05, 4.69) is 22.3 Å². The first-order valence-electron chi connectivity index (χ1n) is 10.0. The number of hydrogen-bond donors (Lipinski definition) is 2. The predicted octanol–water partition coefficient (Wildman–Crippen LogP) is 1.50. The van der Waals surface area contributed by atoms with Crippen molar-refractivity contribution in [3.8, 4) is 0 Å². The summed E-state index contributed by atoms with van der Waals surface area (Å²) in [6, 6.07) is 1.57. The fourth-order valence-electron chi connectivity index (χ4n) is 3.33. The Morgan fingerprint density at radius 3 is 2.59 bits per heavy atom. The van der Waals surface area contributed by atoms with E-state index in [1.807, 2.05) is 6.92 Å². The molecule has 1 aliphatic heterocycles. The molecule has 1 unspecified atom stereocenters. The third-order valence-electron chi connectivity index (χ3n) is 4.82. The Balaban J connectivity index is 0.00000420. The highest BCUT2D eigenvalue weighted by Crippen LogP contribution is 2.14. The van der Waals surface area contributed by atoms with Crippen LogP contribution >= 0.6 is 24.0 Å². The van der Waals surface area contributed by atoms with Gasteiger partial charge in [-0.05, 0) is 25.7 Å². The quantitative estimate of drug-likeness (QED) is 0.262. The van der Waals surface area contributed by atoms with Crippen molar-refractivity contribution in [3.05, 3.63) is 18.0 Å². The zero-order valence-electron chi connectivity index (χ0n) is 17.3. The molecule has 11 heteroatoms. The molecule has 0 bridgehead atoms. The van der Waals surface area contributed by atoms with Gasteiger partial charge in [0.25, 0.3) is 0 Å². The predicted molar refractivity (Wildman–Crippen MR) is 124 cm³/mol. The molecule has 0 saturated carbocycles. The first-order valence-corrected chi connectivity index (χ1v) is 11.6. The number of nitrogens with zero attached hydrogens (tertiary/aromatic N) is 4. The molecule has 0 radical (unpaired) electrons. The summed E-state index contributed by atoms with van der Waals surface area (Å²) >= 11 is 0. The maximum atomic E-state index is 12.6. The summed E-state index contributed by atoms with van der Waals surface area (Å²) in [5, 5.41) is 16.2. The van der Waals surface area contributed by atoms with E-state index >= 15 is 0 Å². The van der Waals surface area contributed by atoms with Crippen LogP contribution in [0.5, 0.6) is 0 Å². The molecular formula is C18H34IN5O4S. The first kappa shape index (κ1) is 26.1. The highest BCUT2D eigenvalue weighted by Gasteiger charge is 2.29. The van der Waals surface area contributed by atoms with Crippen LogP contribution in [0.25, 0.3) is 0 Å². The molecule has 0 aromatic carbocycles. The molecule has 9 nitrogen and oxygen atoms in total. The molecular weight excluding hydrogens is 509 g/mol. The Hall–Kier alpha value is -0.920. The van der Waals surface area contributed by atoms with Crippen LogP contribution in [0.1, 0.15) is 38.8 Å². The van der Waals surface area contributed by atoms with Gasteiger partial charge < -0.3 is 19.8 Å². The Kier molecular flexibility index (Phi) is 12.1. The van der Waals surface area contributed by atoms with Crippen LogP contribution in [-0.2, 0) is 15.8 Å². The molecule has 0 spiro atoms. The zero-order chi connectivity index (χ0) is 20.4. The largest absolute Gasteiger partial charge is 0.396 e. The van der Waals surface area contributed by atoms with Gasteiger partial charge in [-0.3, -0.25) is 4.99 Å². The summed E-state index contributed by atoms with van der Waals surface area (Å²) in [5.41, 5.74) is 0.420. The molecule has 1 fully saturated rings. The number of aliphatic hydroxyl groups is 1. The summed E-state index contributed by atoms with van der Waals surface area (Å²) in [5.74, 6) is 1.04. The van der Waals surface area contributed by atoms with Crippen LogP contribution in [0.4, 0.5) is 0 Å². The molecule has 2 heterocycles. The molecule has 0 amide bonds. The van der Waals surface area contributed by atoms with E-state index in [0.717, 1.165) is 31.8 Å². The summed E-state index contributed by atoms with van der Waals surface area (Å²) in [7, 11) is -3.41. The van der Waals surface area contributed by atoms with Gasteiger partial charge in [0.15, 0.2) is 5.96 Å². The number of hydrogen-bond acceptors (Lipinski definition) is 6. The molecule has 1 atom stereocenters. The van der Waals surface area contributed by atoms with E-state index in [-0.39, 0.29) is 36.3 Å². The molecule has 1 aromatic rings. The van der Waals surface area contributed by atoms with E-state index in [1.165, 1.54) is 10.6 Å². The van der Waals surface area contributed by atoms with Crippen LogP contribution in [-0.4, -0.2) is 79.7 Å². The lowest BCUT2D eigenvalue weighted by molar-refractivity contribution is 0.250. The molecule has 29 heavy (non-hydrogen) atoms. The summed E-state index contributed by atoms with van der Waals surface area (Å²) in [6.45, 7) is 7.76. The van der Waals surface area contributed by atoms with Crippen LogP contribution in [0.3, 0.4) is 0 Å². The lowest BCUT2D eigenvalue weighted by atomic mass is 10.0. The van der Waals surface area contributed by atoms with Gasteiger partial charge >= 0.3 is 0 Å². The van der Waals surface area contributed by atoms with E-state index in [0.29, 0.717) is 44.3 Å². The van der Waals surface area contributed by atoms with Gasteiger partial charge in [0.05, 0.1) is 5.69 Å². The second-order valence-electron chi connectivity index (χ2n) is 6.99. The van der Waals surface area contributed by atoms with Crippen LogP contribution in [0, 0.1) is 5.92 Å². The number of halogens is 1. The monoisotopic (exact) mass is 543 g/mol. The highest BCUT2D eigenvalue weighted by atomic mass is 127. The third-order valence-corrected chi connectivity index (χ3v) is 6.63. The van der Waals surface area contributed by atoms with Crippen molar-refractivity contribution in [2.24, 2.45) is 10.9 Å². The summed E-state index contributed by atoms with van der Waals surface area (Å²) < 4.78 is 31.4. The Morgan fingerprint density at radius 1 is 1.31 bits per heavy atom. The van der Waals surface area contributed by atoms with Gasteiger partial charge in [-0.15, -0.1) is 24.0 Å². The Labute approximate surface area is 191 Å². The zero-order valence-corrected chi connectivity index (χ0v) is 20.4. The molecule has 0 aliphatic carbocycles. The number of sulfonamides is 1. The minimum absolute atomic E-state index is 0. The summed E-state index contributed by atoms with van der Waals surface area (Å²) in [6.07, 6.45) is 4.24. The van der Waals surface area contributed by atoms with E-state index in [4.69, 9.17) is 9.52 Å². The number of nitrogens with one attached hydrogen (secondary N) is 1. The van der Waals surface area contributed by atoms with Gasteiger partial charge in [0, 0.05) is 51.9 Å². The van der Waals surface area contributed by atoms with Gasteiger partial charge in [0.2, 0.25) is 10.0 Å². The van der Waals surface area contributed by atoms with Crippen LogP contribution < -0.4 is 5.32 Å². The number of rotatable bonds is 10. The SMILES string of the molecule is CCCC(CCO)CN=C(NCC)N1CCN(S(=O)(=O)Cc2ccon2)CC1.I. The second kappa shape index (κ2) is 13.4. The minimum Gasteiger partial charge on any atom is -0.396 e. The van der Waals surface area contributed by atoms with Crippen LogP contribution in [0.15, 0.2) is 21.8 Å². The fraction of sp³-hybridized carbons (Fsp3) is 0.778. The number of piperazine rings is 1. The molecule has 1 saturated heterocycles. The second-order valence-corrected chi connectivity index (χ2v) is 8.96. The fourth-order valence-corrected chi connectivity index (χ4v) is 4.75. The van der Waals surface area contributed by atoms with Crippen molar-refractivity contribution in [2.75, 3.05) is 45.9 Å². The maximum Gasteiger partial charge on any atom is 0.220 e. The van der Waals surface area contributed by atoms with E-state index < -0.39 is 10.0 Å². The normalized spacial score (nSPS) is 17.1. The van der Waals surface area contributed by atoms with Crippen molar-refractivity contribution in [1.82, 2.24) is 19.7 Å². The van der Waals surface area contributed by atoms with Gasteiger partial charge in [-0.2, -0.15) is 4.31 Å². The summed E-state index contributed by atoms with van der Waals surface area (Å²) in [4.78, 5) is 6.86. The Morgan fingerprint density at radius 2 is 2.03 bits per heavy atom. The maximum absolute atomic E-state index is 12.6. The molecule has 1 aromatic heterocycles. The number of guanidine groups is 1. The molecule has 1 aliphatic rings. The first-order chi connectivity index (χ1) is 13.5. The van der Waals surface area contributed by atoms with Crippen molar-refractivity contribution in [3.63, 3.8) is 0 Å². The molecule has 2 rings (SSSR count). The lowest BCUT2D eigenvalue weighted by Gasteiger charge is -2.36. The third kappa shape index (κ3) is 8.38. The number of aliphatic hydroxyl groups excluding tert-OH is 1. The van der Waals surface area contributed by atoms with Crippen molar-refractivity contribution in [2.45, 2.75) is 38.9 Å². The van der Waals surface area contributed by atoms with Crippen LogP contribution in [0.2, 0.25) is 0 Å². The van der Waals surface area contributed by atoms with Gasteiger partial charge in [-0.1, -0.05) is 18.5 Å². The van der Waals surface area contributed by atoms with Gasteiger partial charge in [0.1, 0.15) is 12.0 Å². The average Bonchev–Trinajstić information content (AvgIpc) is 3.18. The highest BCUT2D eigenvalue weighted by molar-refractivity contribution is 14.0. The standard InChI is InChI=1S/C18H33N5O4S.HI/c1-3-5-16(6-12-24)14-20-18(19-4-2)22-8-10-23(11-9-22)28(25,26)15-17-7-13-27-21-17;/h7,13,16,24H,3-6,8-12,14-15H2,1-2H3,(H,19,20);1H. The number of aliphatic imine (C=N–C) groups is 1. The topological polar surface area (TPSA) is 111 Å². The number of aromatic nitrogens is 1. The van der Waals surface area contributed by atoms with Crippen molar-refractivity contribution in [1.29, 1.82) is 0 Å². The van der Waals surface area contributed by atoms with Crippen molar-refractivity contribution >= 4 is 40.0 Å². The Bertz CT molecular complexity index is 685. The van der Waals surface area contributed by atoms with Crippen molar-refractivity contribution < 1.29 is 18.0 Å². The smallest absolute Gasteiger partial charge is 0.220 e. The lowest BCUT2D eigenvalue weighted by Crippen LogP contribution is -2.54.